The van der Waals surface area contributed by atoms with E-state index in [1.54, 1.807) is 0 Å². The van der Waals surface area contributed by atoms with Crippen LogP contribution in [-0.2, 0) is 0 Å². The van der Waals surface area contributed by atoms with Crippen molar-refractivity contribution in [2.45, 2.75) is 0 Å². The van der Waals surface area contributed by atoms with Crippen molar-refractivity contribution in [3.63, 3.8) is 0 Å². The van der Waals surface area contributed by atoms with Crippen molar-refractivity contribution in [1.82, 2.24) is 13.7 Å². The standard InChI is InChI=1S/C54H35N3/c1-2-15-36(16-3-1)37-17-12-18-38(33-37)39-19-13-20-40(34-39)56-50-28-11-7-24-46(50)54-51(56)29-14-30-52(54)57-49-27-10-6-23-44(49)45-32-31-41(35-53(45)57)55-47-25-8-4-21-42(47)43-22-5-9-26-48(43)55/h1-35H/i1D,2D,3D,4D,5D,6D,7D,8D,9D,10D,11D,12D,14D,15D,16D,17D,18D,21D,22D,23D,24D,25D,26D,27D,28D,29D,30D,31D,32D,33D,35D. The first-order valence-electron chi connectivity index (χ1n) is 32.6. The summed E-state index contributed by atoms with van der Waals surface area (Å²) in [5.41, 5.74) is -7.20. The highest BCUT2D eigenvalue weighted by Gasteiger charge is 2.21. The molecule has 0 aliphatic rings. The van der Waals surface area contributed by atoms with Crippen LogP contribution in [0.4, 0.5) is 0 Å². The number of nitrogens with zero attached hydrogens (tertiary/aromatic N) is 3. The molecule has 3 aromatic heterocycles. The molecule has 0 N–H and O–H groups in total. The molecule has 266 valence electrons. The van der Waals surface area contributed by atoms with Gasteiger partial charge in [0.05, 0.1) is 81.3 Å². The van der Waals surface area contributed by atoms with Gasteiger partial charge in [-0.1, -0.05) is 145 Å². The van der Waals surface area contributed by atoms with Gasteiger partial charge in [-0.25, -0.2) is 0 Å². The van der Waals surface area contributed by atoms with Crippen molar-refractivity contribution in [2.24, 2.45) is 0 Å². The van der Waals surface area contributed by atoms with E-state index < -0.39 is 281 Å². The maximum absolute atomic E-state index is 10.3. The fourth-order valence-electron chi connectivity index (χ4n) is 7.25. The van der Waals surface area contributed by atoms with Crippen LogP contribution < -0.4 is 0 Å². The van der Waals surface area contributed by atoms with Gasteiger partial charge in [-0.05, 0) is 88.8 Å². The van der Waals surface area contributed by atoms with Gasteiger partial charge in [0.1, 0.15) is 0 Å². The van der Waals surface area contributed by atoms with Crippen LogP contribution >= 0.6 is 0 Å². The van der Waals surface area contributed by atoms with Crippen LogP contribution in [0.25, 0.3) is 105 Å². The summed E-state index contributed by atoms with van der Waals surface area (Å²) in [5, 5.41) is -3.24. The lowest BCUT2D eigenvalue weighted by Crippen LogP contribution is -1.98. The zero-order chi connectivity index (χ0) is 64.4. The van der Waals surface area contributed by atoms with Crippen LogP contribution in [0.3, 0.4) is 0 Å². The normalized spacial score (nSPS) is 19.5. The summed E-state index contributed by atoms with van der Waals surface area (Å²) in [6.07, 6.45) is 0. The van der Waals surface area contributed by atoms with Crippen molar-refractivity contribution in [3.05, 3.63) is 212 Å². The molecule has 0 bridgehead atoms. The molecule has 0 fully saturated rings. The third-order valence-corrected chi connectivity index (χ3v) is 9.59. The molecule has 0 saturated carbocycles. The lowest BCUT2D eigenvalue weighted by atomic mass is 9.99. The third kappa shape index (κ3) is 4.79. The smallest absolute Gasteiger partial charge is 0.0667 e. The van der Waals surface area contributed by atoms with Crippen LogP contribution in [0.1, 0.15) is 42.5 Å². The molecule has 0 aliphatic carbocycles. The first kappa shape index (κ1) is 13.8. The van der Waals surface area contributed by atoms with Crippen molar-refractivity contribution in [1.29, 1.82) is 0 Å². The maximum Gasteiger partial charge on any atom is 0.0667 e. The van der Waals surface area contributed by atoms with E-state index in [4.69, 9.17) is 24.7 Å². The number of fused-ring (bicyclic) bond motifs is 9. The van der Waals surface area contributed by atoms with E-state index in [0.717, 1.165) is 13.7 Å². The van der Waals surface area contributed by atoms with Crippen molar-refractivity contribution in [2.75, 3.05) is 0 Å². The topological polar surface area (TPSA) is 14.8 Å². The number of hydrogen-bond donors (Lipinski definition) is 0. The maximum atomic E-state index is 10.3. The van der Waals surface area contributed by atoms with E-state index in [9.17, 15) is 17.8 Å². The number of hydrogen-bond acceptors (Lipinski definition) is 0. The molecule has 12 rings (SSSR count). The molecule has 0 radical (unpaired) electrons. The minimum atomic E-state index is -0.997. The minimum absolute atomic E-state index is 0.154. The molecule has 12 aromatic rings. The highest BCUT2D eigenvalue weighted by molar-refractivity contribution is 6.17. The minimum Gasteiger partial charge on any atom is -0.309 e. The largest absolute Gasteiger partial charge is 0.309 e. The Labute approximate surface area is 373 Å². The van der Waals surface area contributed by atoms with Gasteiger partial charge >= 0.3 is 0 Å². The van der Waals surface area contributed by atoms with Crippen LogP contribution in [0.15, 0.2) is 212 Å². The predicted octanol–water partition coefficient (Wildman–Crippen LogP) is 14.3. The van der Waals surface area contributed by atoms with Gasteiger partial charge in [0.25, 0.3) is 0 Å². The third-order valence-electron chi connectivity index (χ3n) is 9.59. The molecule has 0 aliphatic heterocycles. The molecule has 3 heterocycles. The number of rotatable bonds is 5. The Bertz CT molecular complexity index is 5240. The van der Waals surface area contributed by atoms with Gasteiger partial charge in [-0.2, -0.15) is 0 Å². The number of para-hydroxylation sites is 4. The summed E-state index contributed by atoms with van der Waals surface area (Å²) in [6.45, 7) is 0. The molecule has 0 atom stereocenters. The molecule has 0 spiro atoms. The zero-order valence-corrected chi connectivity index (χ0v) is 28.7. The Kier molecular flexibility index (Phi) is 3.02. The lowest BCUT2D eigenvalue weighted by Gasteiger charge is -2.13. The summed E-state index contributed by atoms with van der Waals surface area (Å²) >= 11 is 0. The molecule has 57 heavy (non-hydrogen) atoms. The Morgan fingerprint density at radius 2 is 0.825 bits per heavy atom. The summed E-state index contributed by atoms with van der Waals surface area (Å²) in [6, 6.07) is -21.8. The molecule has 0 amide bonds. The monoisotopic (exact) mass is 756 g/mol. The first-order valence-corrected chi connectivity index (χ1v) is 17.1. The van der Waals surface area contributed by atoms with E-state index >= 15 is 0 Å². The second kappa shape index (κ2) is 12.5. The average Bonchev–Trinajstić information content (AvgIpc) is 1.52. The van der Waals surface area contributed by atoms with Crippen LogP contribution in [0.2, 0.25) is 0 Å². The second-order valence-corrected chi connectivity index (χ2v) is 12.6. The van der Waals surface area contributed by atoms with Gasteiger partial charge in [0.2, 0.25) is 0 Å². The van der Waals surface area contributed by atoms with Crippen molar-refractivity contribution < 1.29 is 42.5 Å². The first-order chi connectivity index (χ1) is 41.2. The van der Waals surface area contributed by atoms with E-state index in [-0.39, 0.29) is 11.3 Å². The average molecular weight is 757 g/mol. The molecule has 9 aromatic carbocycles. The van der Waals surface area contributed by atoms with E-state index in [2.05, 4.69) is 0 Å². The Balaban J connectivity index is 1.30. The van der Waals surface area contributed by atoms with Crippen molar-refractivity contribution in [3.8, 4) is 39.3 Å². The van der Waals surface area contributed by atoms with E-state index in [1.165, 1.54) is 24.3 Å². The zero-order valence-electron chi connectivity index (χ0n) is 59.7. The van der Waals surface area contributed by atoms with Crippen LogP contribution in [0, 0.1) is 0 Å². The van der Waals surface area contributed by atoms with E-state index in [0.29, 0.717) is 0 Å². The van der Waals surface area contributed by atoms with Crippen molar-refractivity contribution >= 4 is 65.4 Å². The van der Waals surface area contributed by atoms with Gasteiger partial charge < -0.3 is 13.7 Å². The fraction of sp³-hybridized carbons (Fsp3) is 0. The molecule has 3 heteroatoms. The molecule has 3 nitrogen and oxygen atoms in total. The van der Waals surface area contributed by atoms with Crippen LogP contribution in [0.5, 0.6) is 0 Å². The second-order valence-electron chi connectivity index (χ2n) is 12.6. The fourth-order valence-corrected chi connectivity index (χ4v) is 7.25. The summed E-state index contributed by atoms with van der Waals surface area (Å²) in [7, 11) is 0. The van der Waals surface area contributed by atoms with Gasteiger partial charge in [-0.3, -0.25) is 0 Å². The number of aromatic nitrogens is 3. The molecule has 0 saturated heterocycles. The summed E-state index contributed by atoms with van der Waals surface area (Å²) < 4.78 is 285. The van der Waals surface area contributed by atoms with Gasteiger partial charge in [-0.15, -0.1) is 0 Å². The van der Waals surface area contributed by atoms with Gasteiger partial charge in [0.15, 0.2) is 0 Å². The molecular formula is C54H35N3. The van der Waals surface area contributed by atoms with Crippen LogP contribution in [-0.4, -0.2) is 13.7 Å². The highest BCUT2D eigenvalue weighted by Crippen LogP contribution is 2.42. The summed E-state index contributed by atoms with van der Waals surface area (Å²) in [4.78, 5) is 0. The predicted molar refractivity (Wildman–Crippen MR) is 240 cm³/mol. The lowest BCUT2D eigenvalue weighted by molar-refractivity contribution is 1.16. The van der Waals surface area contributed by atoms with Gasteiger partial charge in [0, 0.05) is 43.7 Å². The SMILES string of the molecule is [2H]c1c([2H])c([2H])c(-c2c([2H])c([2H])c([2H])c(-c3cccc(-n4c5c([2H])c([2H])c([2H])c([2H])c5c5c(-n6c7c([2H])c([2H])c([2H])c([2H])c7c7c([2H])c([2H])c(-n8c9c([2H])c([2H])c([2H])c([2H])c9c9c([2H])c([2H])c([2H])c([2H])c98)c([2H])c76)c([2H])c([2H])c([2H])c54)c3)c2[2H])c([2H])c1[2H]. The molecular weight excluding hydrogens is 691 g/mol. The quantitative estimate of drug-likeness (QED) is 0.166. The Hall–Kier alpha value is -7.62. The Morgan fingerprint density at radius 1 is 0.316 bits per heavy atom. The summed E-state index contributed by atoms with van der Waals surface area (Å²) in [5.74, 6) is 0. The molecule has 0 unspecified atom stereocenters. The number of benzene rings is 9. The Morgan fingerprint density at radius 3 is 1.53 bits per heavy atom. The van der Waals surface area contributed by atoms with E-state index in [1.807, 2.05) is 0 Å². The highest BCUT2D eigenvalue weighted by atomic mass is 15.0.